The number of carbonyl (C=O) groups excluding carboxylic acids is 1. The molecule has 0 bridgehead atoms. The highest BCUT2D eigenvalue weighted by Gasteiger charge is 2.17. The van der Waals surface area contributed by atoms with Gasteiger partial charge in [-0.25, -0.2) is 0 Å². The van der Waals surface area contributed by atoms with Crippen LogP contribution in [0.25, 0.3) is 0 Å². The van der Waals surface area contributed by atoms with Crippen LogP contribution in [0, 0.1) is 41.0 Å². The molecule has 0 saturated carbocycles. The lowest BCUT2D eigenvalue weighted by Crippen LogP contribution is -2.15. The highest BCUT2D eigenvalue weighted by Crippen LogP contribution is 2.30. The van der Waals surface area contributed by atoms with Crippen LogP contribution in [0.5, 0.6) is 11.5 Å². The van der Waals surface area contributed by atoms with E-state index >= 15 is 0 Å². The number of anilines is 1. The fourth-order valence-corrected chi connectivity index (χ4v) is 3.19. The summed E-state index contributed by atoms with van der Waals surface area (Å²) >= 11 is 0. The molecular formula is C21H21N5O6. The van der Waals surface area contributed by atoms with Crippen LogP contribution in [0.15, 0.2) is 42.6 Å². The molecule has 0 spiro atoms. The number of hydrogen-bond acceptors (Lipinski definition) is 7. The van der Waals surface area contributed by atoms with E-state index in [2.05, 4.69) is 10.4 Å². The minimum Gasteiger partial charge on any atom is -0.457 e. The Hall–Kier alpha value is -4.28. The fraction of sp³-hybridized carbons (Fsp3) is 0.238. The first kappa shape index (κ1) is 22.4. The molecule has 0 fully saturated rings. The van der Waals surface area contributed by atoms with Gasteiger partial charge in [0.15, 0.2) is 0 Å². The maximum Gasteiger partial charge on any atom is 0.309 e. The minimum atomic E-state index is -0.574. The van der Waals surface area contributed by atoms with Crippen molar-refractivity contribution in [1.82, 2.24) is 9.78 Å². The number of nitro benzene ring substituents is 1. The Bertz CT molecular complexity index is 1180. The summed E-state index contributed by atoms with van der Waals surface area (Å²) in [4.78, 5) is 33.5. The van der Waals surface area contributed by atoms with Gasteiger partial charge in [-0.2, -0.15) is 5.10 Å². The predicted octanol–water partition coefficient (Wildman–Crippen LogP) is 4.45. The van der Waals surface area contributed by atoms with Crippen molar-refractivity contribution >= 4 is 23.0 Å². The van der Waals surface area contributed by atoms with Gasteiger partial charge in [-0.05, 0) is 44.0 Å². The maximum absolute atomic E-state index is 12.4. The predicted molar refractivity (Wildman–Crippen MR) is 116 cm³/mol. The van der Waals surface area contributed by atoms with Gasteiger partial charge >= 0.3 is 5.69 Å². The van der Waals surface area contributed by atoms with Gasteiger partial charge in [0.2, 0.25) is 5.91 Å². The first-order chi connectivity index (χ1) is 15.1. The van der Waals surface area contributed by atoms with Crippen molar-refractivity contribution in [3.05, 3.63) is 79.6 Å². The average Bonchev–Trinajstić information content (AvgIpc) is 3.06. The number of non-ortho nitro benzene ring substituents is 1. The molecule has 0 atom stereocenters. The third kappa shape index (κ3) is 5.65. The SMILES string of the molecule is Cc1cc(C)cc(Oc2cc(NC(=O)CCn3cc([N+](=O)[O-])c(C)n3)cc([N+](=O)[O-])c2)c1. The van der Waals surface area contributed by atoms with Crippen LogP contribution < -0.4 is 10.1 Å². The number of ether oxygens (including phenoxy) is 1. The van der Waals surface area contributed by atoms with Gasteiger partial charge in [-0.15, -0.1) is 0 Å². The number of aromatic nitrogens is 2. The Balaban J connectivity index is 1.73. The number of rotatable bonds is 8. The van der Waals surface area contributed by atoms with E-state index in [0.29, 0.717) is 5.75 Å². The largest absolute Gasteiger partial charge is 0.457 e. The summed E-state index contributed by atoms with van der Waals surface area (Å²) in [7, 11) is 0. The van der Waals surface area contributed by atoms with Gasteiger partial charge in [0, 0.05) is 25.1 Å². The molecule has 0 aliphatic rings. The summed E-state index contributed by atoms with van der Waals surface area (Å²) < 4.78 is 7.10. The molecule has 11 nitrogen and oxygen atoms in total. The van der Waals surface area contributed by atoms with Crippen LogP contribution in [0.4, 0.5) is 17.1 Å². The molecule has 0 aliphatic carbocycles. The summed E-state index contributed by atoms with van der Waals surface area (Å²) in [5.74, 6) is 0.299. The maximum atomic E-state index is 12.4. The molecule has 0 aliphatic heterocycles. The van der Waals surface area contributed by atoms with Gasteiger partial charge in [0.25, 0.3) is 5.69 Å². The number of amides is 1. The van der Waals surface area contributed by atoms with Crippen LogP contribution in [-0.2, 0) is 11.3 Å². The molecular weight excluding hydrogens is 418 g/mol. The van der Waals surface area contributed by atoms with E-state index in [9.17, 15) is 25.0 Å². The highest BCUT2D eigenvalue weighted by atomic mass is 16.6. The quantitative estimate of drug-likeness (QED) is 0.403. The summed E-state index contributed by atoms with van der Waals surface area (Å²) in [6.07, 6.45) is 1.22. The third-order valence-corrected chi connectivity index (χ3v) is 4.50. The molecule has 1 amide bonds. The number of nitrogens with one attached hydrogen (secondary N) is 1. The second kappa shape index (κ2) is 9.25. The Morgan fingerprint density at radius 3 is 2.25 bits per heavy atom. The Labute approximate surface area is 182 Å². The Morgan fingerprint density at radius 1 is 1.00 bits per heavy atom. The molecule has 11 heteroatoms. The van der Waals surface area contributed by atoms with Crippen molar-refractivity contribution in [2.75, 3.05) is 5.32 Å². The monoisotopic (exact) mass is 439 g/mol. The second-order valence-electron chi connectivity index (χ2n) is 7.32. The lowest BCUT2D eigenvalue weighted by atomic mass is 10.1. The van der Waals surface area contributed by atoms with Crippen molar-refractivity contribution in [3.63, 3.8) is 0 Å². The van der Waals surface area contributed by atoms with Crippen molar-refractivity contribution in [1.29, 1.82) is 0 Å². The van der Waals surface area contributed by atoms with Crippen molar-refractivity contribution in [3.8, 4) is 11.5 Å². The number of nitro groups is 2. The van der Waals surface area contributed by atoms with E-state index in [0.717, 1.165) is 11.1 Å². The number of benzene rings is 2. The molecule has 3 aromatic rings. The summed E-state index contributed by atoms with van der Waals surface area (Å²) in [6.45, 7) is 5.44. The number of nitrogens with zero attached hydrogens (tertiary/aromatic N) is 4. The van der Waals surface area contributed by atoms with Crippen molar-refractivity contribution in [2.24, 2.45) is 0 Å². The van der Waals surface area contributed by atoms with Gasteiger partial charge in [0.1, 0.15) is 23.4 Å². The molecule has 1 aromatic heterocycles. The standard InChI is InChI=1S/C21H21N5O6/c1-13-6-14(2)8-18(7-13)32-19-10-16(9-17(11-19)25(28)29)22-21(27)4-5-24-12-20(26(30)31)15(3)23-24/h6-12H,4-5H2,1-3H3,(H,22,27). The Kier molecular flexibility index (Phi) is 6.47. The highest BCUT2D eigenvalue weighted by molar-refractivity contribution is 5.91. The van der Waals surface area contributed by atoms with E-state index in [1.165, 1.54) is 36.0 Å². The van der Waals surface area contributed by atoms with Crippen LogP contribution in [0.1, 0.15) is 23.2 Å². The molecule has 0 radical (unpaired) electrons. The van der Waals surface area contributed by atoms with Crippen molar-refractivity contribution < 1.29 is 19.4 Å². The van der Waals surface area contributed by atoms with Gasteiger partial charge in [-0.3, -0.25) is 29.7 Å². The summed E-state index contributed by atoms with van der Waals surface area (Å²) in [5, 5.41) is 28.8. The lowest BCUT2D eigenvalue weighted by molar-refractivity contribution is -0.385. The lowest BCUT2D eigenvalue weighted by Gasteiger charge is -2.11. The smallest absolute Gasteiger partial charge is 0.309 e. The molecule has 1 heterocycles. The van der Waals surface area contributed by atoms with Crippen LogP contribution in [0.2, 0.25) is 0 Å². The molecule has 1 N–H and O–H groups in total. The Morgan fingerprint density at radius 2 is 1.66 bits per heavy atom. The third-order valence-electron chi connectivity index (χ3n) is 4.50. The van der Waals surface area contributed by atoms with Gasteiger partial charge < -0.3 is 10.1 Å². The normalized spacial score (nSPS) is 10.6. The molecule has 166 valence electrons. The molecule has 3 rings (SSSR count). The van der Waals surface area contributed by atoms with E-state index in [4.69, 9.17) is 4.74 Å². The van der Waals surface area contributed by atoms with E-state index in [1.54, 1.807) is 12.1 Å². The number of hydrogen-bond donors (Lipinski definition) is 1. The minimum absolute atomic E-state index is 0.0335. The first-order valence-electron chi connectivity index (χ1n) is 9.64. The van der Waals surface area contributed by atoms with Crippen LogP contribution in [-0.4, -0.2) is 25.5 Å². The molecule has 0 saturated heterocycles. The zero-order valence-electron chi connectivity index (χ0n) is 17.7. The zero-order valence-corrected chi connectivity index (χ0v) is 17.7. The first-order valence-corrected chi connectivity index (χ1v) is 9.64. The number of aryl methyl sites for hydroxylation is 4. The molecule has 2 aromatic carbocycles. The molecule has 32 heavy (non-hydrogen) atoms. The number of carbonyl (C=O) groups is 1. The van der Waals surface area contributed by atoms with Crippen LogP contribution >= 0.6 is 0 Å². The fourth-order valence-electron chi connectivity index (χ4n) is 3.19. The van der Waals surface area contributed by atoms with Gasteiger partial charge in [-0.1, -0.05) is 6.07 Å². The second-order valence-corrected chi connectivity index (χ2v) is 7.32. The van der Waals surface area contributed by atoms with Crippen LogP contribution in [0.3, 0.4) is 0 Å². The summed E-state index contributed by atoms with van der Waals surface area (Å²) in [6, 6.07) is 9.58. The topological polar surface area (TPSA) is 142 Å². The van der Waals surface area contributed by atoms with E-state index < -0.39 is 15.8 Å². The van der Waals surface area contributed by atoms with E-state index in [1.807, 2.05) is 19.9 Å². The average molecular weight is 439 g/mol. The zero-order chi connectivity index (χ0) is 23.4. The van der Waals surface area contributed by atoms with Gasteiger partial charge in [0.05, 0.1) is 21.6 Å². The summed E-state index contributed by atoms with van der Waals surface area (Å²) in [5.41, 5.74) is 2.05. The molecule has 0 unspecified atom stereocenters. The van der Waals surface area contributed by atoms with E-state index in [-0.39, 0.29) is 41.5 Å². The van der Waals surface area contributed by atoms with Crippen molar-refractivity contribution in [2.45, 2.75) is 33.7 Å².